The highest BCUT2D eigenvalue weighted by Crippen LogP contribution is 2.33. The van der Waals surface area contributed by atoms with E-state index in [4.69, 9.17) is 9.47 Å². The van der Waals surface area contributed by atoms with E-state index in [0.717, 1.165) is 28.4 Å². The largest absolute Gasteiger partial charge is 0.454 e. The first-order valence-electron chi connectivity index (χ1n) is 11.4. The maximum absolute atomic E-state index is 12.9. The molecule has 5 rings (SSSR count). The van der Waals surface area contributed by atoms with Crippen molar-refractivity contribution in [1.82, 2.24) is 20.1 Å². The summed E-state index contributed by atoms with van der Waals surface area (Å²) in [5.74, 6) is 2.09. The highest BCUT2D eigenvalue weighted by Gasteiger charge is 2.22. The van der Waals surface area contributed by atoms with Crippen molar-refractivity contribution in [3.63, 3.8) is 0 Å². The summed E-state index contributed by atoms with van der Waals surface area (Å²) in [7, 11) is 0. The molecule has 1 atom stereocenters. The summed E-state index contributed by atoms with van der Waals surface area (Å²) in [6.07, 6.45) is 0. The Labute approximate surface area is 208 Å². The fourth-order valence-corrected chi connectivity index (χ4v) is 4.65. The van der Waals surface area contributed by atoms with E-state index in [2.05, 4.69) is 53.6 Å². The molecule has 178 valence electrons. The fourth-order valence-electron chi connectivity index (χ4n) is 3.76. The Bertz CT molecular complexity index is 1350. The van der Waals surface area contributed by atoms with Crippen LogP contribution < -0.4 is 14.8 Å². The number of carbonyl (C=O) groups excluding carboxylic acids is 1. The molecule has 1 aromatic heterocycles. The van der Waals surface area contributed by atoms with Crippen LogP contribution in [0.4, 0.5) is 0 Å². The van der Waals surface area contributed by atoms with Gasteiger partial charge >= 0.3 is 0 Å². The van der Waals surface area contributed by atoms with Crippen LogP contribution in [-0.2, 0) is 11.3 Å². The maximum atomic E-state index is 12.9. The van der Waals surface area contributed by atoms with Gasteiger partial charge in [-0.1, -0.05) is 65.4 Å². The van der Waals surface area contributed by atoms with Crippen molar-refractivity contribution in [2.75, 3.05) is 6.79 Å². The van der Waals surface area contributed by atoms with Crippen LogP contribution in [0.25, 0.3) is 17.1 Å². The summed E-state index contributed by atoms with van der Waals surface area (Å²) in [5.41, 5.74) is 5.22. The van der Waals surface area contributed by atoms with Crippen molar-refractivity contribution in [1.29, 1.82) is 0 Å². The molecule has 0 aliphatic carbocycles. The standard InChI is InChI=1S/C27H26N4O3S/c1-17-4-9-21(10-5-17)25-29-30-27(31(25)22-11-6-18(2)7-12-22)35-19(3)26(32)28-15-20-8-13-23-24(14-20)34-16-33-23/h4-14,19H,15-16H2,1-3H3,(H,28,32)/t19-/m1/s1. The van der Waals surface area contributed by atoms with Crippen LogP contribution >= 0.6 is 11.8 Å². The van der Waals surface area contributed by atoms with Gasteiger partial charge in [0.25, 0.3) is 0 Å². The number of rotatable bonds is 7. The van der Waals surface area contributed by atoms with E-state index in [0.29, 0.717) is 17.5 Å². The first kappa shape index (κ1) is 23.0. The van der Waals surface area contributed by atoms with Crippen molar-refractivity contribution in [2.45, 2.75) is 37.7 Å². The SMILES string of the molecule is Cc1ccc(-c2nnc(S[C@H](C)C(=O)NCc3ccc4c(c3)OCO4)n2-c2ccc(C)cc2)cc1. The van der Waals surface area contributed by atoms with Crippen LogP contribution in [0.1, 0.15) is 23.6 Å². The van der Waals surface area contributed by atoms with Crippen LogP contribution in [0.15, 0.2) is 71.9 Å². The Morgan fingerprint density at radius 3 is 2.40 bits per heavy atom. The number of ether oxygens (including phenoxy) is 2. The second-order valence-corrected chi connectivity index (χ2v) is 9.82. The van der Waals surface area contributed by atoms with Gasteiger partial charge in [0.1, 0.15) is 0 Å². The molecular formula is C27H26N4O3S. The number of thioether (sulfide) groups is 1. The zero-order chi connectivity index (χ0) is 24.4. The molecule has 1 aliphatic rings. The van der Waals surface area contributed by atoms with Gasteiger partial charge in [0.15, 0.2) is 22.5 Å². The highest BCUT2D eigenvalue weighted by molar-refractivity contribution is 8.00. The average Bonchev–Trinajstić information content (AvgIpc) is 3.50. The minimum Gasteiger partial charge on any atom is -0.454 e. The lowest BCUT2D eigenvalue weighted by Crippen LogP contribution is -2.30. The molecule has 1 amide bonds. The summed E-state index contributed by atoms with van der Waals surface area (Å²) < 4.78 is 12.8. The van der Waals surface area contributed by atoms with E-state index >= 15 is 0 Å². The van der Waals surface area contributed by atoms with Crippen molar-refractivity contribution in [3.8, 4) is 28.6 Å². The molecule has 1 N–H and O–H groups in total. The van der Waals surface area contributed by atoms with Gasteiger partial charge in [0, 0.05) is 17.8 Å². The number of aryl methyl sites for hydroxylation is 2. The topological polar surface area (TPSA) is 78.3 Å². The van der Waals surface area contributed by atoms with Gasteiger partial charge in [0.2, 0.25) is 12.7 Å². The number of hydrogen-bond donors (Lipinski definition) is 1. The van der Waals surface area contributed by atoms with Crippen LogP contribution in [0.2, 0.25) is 0 Å². The number of nitrogens with one attached hydrogen (secondary N) is 1. The third kappa shape index (κ3) is 5.02. The molecule has 0 fully saturated rings. The summed E-state index contributed by atoms with van der Waals surface area (Å²) in [5, 5.41) is 12.2. The van der Waals surface area contributed by atoms with Gasteiger partial charge in [-0.15, -0.1) is 10.2 Å². The Hall–Kier alpha value is -3.78. The summed E-state index contributed by atoms with van der Waals surface area (Å²) in [6, 6.07) is 22.1. The Morgan fingerprint density at radius 2 is 1.66 bits per heavy atom. The number of hydrogen-bond acceptors (Lipinski definition) is 6. The van der Waals surface area contributed by atoms with Crippen molar-refractivity contribution in [3.05, 3.63) is 83.4 Å². The summed E-state index contributed by atoms with van der Waals surface area (Å²) in [6.45, 7) is 6.61. The second kappa shape index (κ2) is 9.84. The maximum Gasteiger partial charge on any atom is 0.233 e. The van der Waals surface area contributed by atoms with Gasteiger partial charge in [0.05, 0.1) is 5.25 Å². The molecule has 0 spiro atoms. The van der Waals surface area contributed by atoms with E-state index < -0.39 is 0 Å². The predicted octanol–water partition coefficient (Wildman–Crippen LogP) is 5.08. The molecule has 3 aromatic carbocycles. The van der Waals surface area contributed by atoms with E-state index in [-0.39, 0.29) is 18.0 Å². The van der Waals surface area contributed by atoms with E-state index in [9.17, 15) is 4.79 Å². The van der Waals surface area contributed by atoms with Gasteiger partial charge in [-0.2, -0.15) is 0 Å². The molecule has 0 bridgehead atoms. The average molecular weight is 487 g/mol. The van der Waals surface area contributed by atoms with Crippen molar-refractivity contribution in [2.24, 2.45) is 0 Å². The Balaban J connectivity index is 1.35. The van der Waals surface area contributed by atoms with Crippen LogP contribution in [0, 0.1) is 13.8 Å². The molecule has 2 heterocycles. The Morgan fingerprint density at radius 1 is 0.971 bits per heavy atom. The number of aromatic nitrogens is 3. The Kier molecular flexibility index (Phi) is 6.46. The monoisotopic (exact) mass is 486 g/mol. The first-order chi connectivity index (χ1) is 17.0. The number of benzene rings is 3. The molecule has 7 nitrogen and oxygen atoms in total. The van der Waals surface area contributed by atoms with Crippen LogP contribution in [-0.4, -0.2) is 32.7 Å². The first-order valence-corrected chi connectivity index (χ1v) is 12.3. The van der Waals surface area contributed by atoms with Crippen molar-refractivity contribution < 1.29 is 14.3 Å². The van der Waals surface area contributed by atoms with Gasteiger partial charge in [-0.25, -0.2) is 0 Å². The van der Waals surface area contributed by atoms with E-state index in [1.54, 1.807) is 0 Å². The summed E-state index contributed by atoms with van der Waals surface area (Å²) >= 11 is 1.38. The number of nitrogens with zero attached hydrogens (tertiary/aromatic N) is 3. The lowest BCUT2D eigenvalue weighted by Gasteiger charge is -2.14. The fraction of sp³-hybridized carbons (Fsp3) is 0.222. The third-order valence-corrected chi connectivity index (χ3v) is 6.83. The zero-order valence-corrected chi connectivity index (χ0v) is 20.6. The molecule has 8 heteroatoms. The second-order valence-electron chi connectivity index (χ2n) is 8.51. The molecule has 0 unspecified atom stereocenters. The van der Waals surface area contributed by atoms with E-state index in [1.807, 2.05) is 54.0 Å². The lowest BCUT2D eigenvalue weighted by molar-refractivity contribution is -0.120. The van der Waals surface area contributed by atoms with Gasteiger partial charge in [-0.05, 0) is 50.6 Å². The van der Waals surface area contributed by atoms with Crippen molar-refractivity contribution >= 4 is 17.7 Å². The molecule has 0 radical (unpaired) electrons. The van der Waals surface area contributed by atoms with Crippen LogP contribution in [0.3, 0.4) is 0 Å². The normalized spacial score (nSPS) is 13.0. The molecular weight excluding hydrogens is 460 g/mol. The van der Waals surface area contributed by atoms with Gasteiger partial charge in [-0.3, -0.25) is 9.36 Å². The predicted molar refractivity (Wildman–Crippen MR) is 136 cm³/mol. The zero-order valence-electron chi connectivity index (χ0n) is 19.8. The lowest BCUT2D eigenvalue weighted by atomic mass is 10.1. The molecule has 0 saturated heterocycles. The van der Waals surface area contributed by atoms with Crippen LogP contribution in [0.5, 0.6) is 11.5 Å². The number of fused-ring (bicyclic) bond motifs is 1. The minimum absolute atomic E-state index is 0.0805. The van der Waals surface area contributed by atoms with Gasteiger partial charge < -0.3 is 14.8 Å². The highest BCUT2D eigenvalue weighted by atomic mass is 32.2. The third-order valence-electron chi connectivity index (χ3n) is 5.79. The minimum atomic E-state index is -0.372. The number of carbonyl (C=O) groups is 1. The smallest absolute Gasteiger partial charge is 0.233 e. The summed E-state index contributed by atoms with van der Waals surface area (Å²) in [4.78, 5) is 12.9. The molecule has 0 saturated carbocycles. The molecule has 1 aliphatic heterocycles. The van der Waals surface area contributed by atoms with E-state index in [1.165, 1.54) is 22.9 Å². The molecule has 35 heavy (non-hydrogen) atoms. The molecule has 4 aromatic rings. The number of amides is 1. The quantitative estimate of drug-likeness (QED) is 0.367.